The van der Waals surface area contributed by atoms with Crippen LogP contribution in [0.5, 0.6) is 5.75 Å². The van der Waals surface area contributed by atoms with Gasteiger partial charge in [-0.2, -0.15) is 0 Å². The van der Waals surface area contributed by atoms with Crippen molar-refractivity contribution in [2.75, 3.05) is 17.8 Å². The van der Waals surface area contributed by atoms with Gasteiger partial charge in [0.15, 0.2) is 0 Å². The molecule has 4 heteroatoms. The number of halogens is 1. The molecule has 0 radical (unpaired) electrons. The van der Waals surface area contributed by atoms with Crippen LogP contribution in [0.4, 0.5) is 5.69 Å². The number of allylic oxidation sites excluding steroid dienone is 1. The summed E-state index contributed by atoms with van der Waals surface area (Å²) in [6.07, 6.45) is 3.68. The van der Waals surface area contributed by atoms with E-state index < -0.39 is 0 Å². The third kappa shape index (κ3) is 4.84. The number of alkyl halides is 1. The molecule has 3 nitrogen and oxygen atoms in total. The van der Waals surface area contributed by atoms with Crippen molar-refractivity contribution in [1.29, 1.82) is 0 Å². The van der Waals surface area contributed by atoms with Crippen molar-refractivity contribution >= 4 is 23.2 Å². The average Bonchev–Trinajstić information content (AvgIpc) is 2.26. The largest absolute Gasteiger partial charge is 0.490 e. The van der Waals surface area contributed by atoms with Crippen LogP contribution in [0, 0.1) is 0 Å². The van der Waals surface area contributed by atoms with Gasteiger partial charge in [-0.15, -0.1) is 11.6 Å². The second kappa shape index (κ2) is 6.90. The van der Waals surface area contributed by atoms with Crippen molar-refractivity contribution < 1.29 is 9.53 Å². The van der Waals surface area contributed by atoms with Crippen LogP contribution in [0.25, 0.3) is 0 Å². The van der Waals surface area contributed by atoms with E-state index in [1.807, 2.05) is 12.2 Å². The van der Waals surface area contributed by atoms with Gasteiger partial charge in [0.1, 0.15) is 12.4 Å². The Morgan fingerprint density at radius 3 is 2.62 bits per heavy atom. The van der Waals surface area contributed by atoms with E-state index in [4.69, 9.17) is 16.3 Å². The predicted octanol–water partition coefficient (Wildman–Crippen LogP) is 2.82. The molecule has 0 fully saturated rings. The SMILES string of the molecule is CC(=O)Nc1ccc(OCC=CCCl)cc1. The molecular weight excluding hydrogens is 226 g/mol. The van der Waals surface area contributed by atoms with E-state index in [1.165, 1.54) is 6.92 Å². The second-order valence-electron chi connectivity index (χ2n) is 3.14. The van der Waals surface area contributed by atoms with Gasteiger partial charge in [0.25, 0.3) is 0 Å². The summed E-state index contributed by atoms with van der Waals surface area (Å²) >= 11 is 5.47. The molecule has 1 N–H and O–H groups in total. The molecule has 16 heavy (non-hydrogen) atoms. The third-order valence-electron chi connectivity index (χ3n) is 1.78. The zero-order valence-corrected chi connectivity index (χ0v) is 9.83. The quantitative estimate of drug-likeness (QED) is 0.634. The Hall–Kier alpha value is -1.48. The van der Waals surface area contributed by atoms with Crippen LogP contribution in [-0.2, 0) is 4.79 Å². The van der Waals surface area contributed by atoms with Crippen LogP contribution < -0.4 is 10.1 Å². The van der Waals surface area contributed by atoms with Crippen molar-refractivity contribution in [3.8, 4) is 5.75 Å². The summed E-state index contributed by atoms with van der Waals surface area (Å²) in [5.41, 5.74) is 0.760. The first-order valence-electron chi connectivity index (χ1n) is 4.94. The van der Waals surface area contributed by atoms with Gasteiger partial charge in [0, 0.05) is 18.5 Å². The lowest BCUT2D eigenvalue weighted by Gasteiger charge is -2.05. The number of rotatable bonds is 5. The summed E-state index contributed by atoms with van der Waals surface area (Å²) in [7, 11) is 0. The molecule has 0 spiro atoms. The monoisotopic (exact) mass is 239 g/mol. The minimum Gasteiger partial charge on any atom is -0.490 e. The third-order valence-corrected chi connectivity index (χ3v) is 1.95. The lowest BCUT2D eigenvalue weighted by Crippen LogP contribution is -2.05. The van der Waals surface area contributed by atoms with E-state index in [1.54, 1.807) is 24.3 Å². The van der Waals surface area contributed by atoms with Crippen molar-refractivity contribution in [2.45, 2.75) is 6.92 Å². The molecule has 0 saturated carbocycles. The van der Waals surface area contributed by atoms with Crippen LogP contribution >= 0.6 is 11.6 Å². The first-order valence-corrected chi connectivity index (χ1v) is 5.47. The minimum absolute atomic E-state index is 0.0845. The zero-order valence-electron chi connectivity index (χ0n) is 9.07. The summed E-state index contributed by atoms with van der Waals surface area (Å²) < 4.78 is 5.41. The Bertz CT molecular complexity index is 360. The molecular formula is C12H14ClNO2. The number of nitrogens with one attached hydrogen (secondary N) is 1. The van der Waals surface area contributed by atoms with Gasteiger partial charge in [-0.05, 0) is 24.3 Å². The smallest absolute Gasteiger partial charge is 0.221 e. The van der Waals surface area contributed by atoms with Gasteiger partial charge < -0.3 is 10.1 Å². The first-order chi connectivity index (χ1) is 7.72. The van der Waals surface area contributed by atoms with E-state index in [2.05, 4.69) is 5.32 Å². The van der Waals surface area contributed by atoms with Gasteiger partial charge >= 0.3 is 0 Å². The fraction of sp³-hybridized carbons (Fsp3) is 0.250. The highest BCUT2D eigenvalue weighted by Crippen LogP contribution is 2.15. The van der Waals surface area contributed by atoms with Crippen molar-refractivity contribution in [3.05, 3.63) is 36.4 Å². The van der Waals surface area contributed by atoms with Gasteiger partial charge in [-0.1, -0.05) is 12.2 Å². The van der Waals surface area contributed by atoms with Crippen LogP contribution in [0.15, 0.2) is 36.4 Å². The molecule has 0 aliphatic heterocycles. The number of carbonyl (C=O) groups is 1. The van der Waals surface area contributed by atoms with E-state index >= 15 is 0 Å². The maximum atomic E-state index is 10.8. The lowest BCUT2D eigenvalue weighted by atomic mass is 10.3. The fourth-order valence-electron chi connectivity index (χ4n) is 1.11. The number of hydrogen-bond acceptors (Lipinski definition) is 2. The molecule has 1 amide bonds. The zero-order chi connectivity index (χ0) is 11.8. The Morgan fingerprint density at radius 1 is 1.38 bits per heavy atom. The molecule has 0 saturated heterocycles. The van der Waals surface area contributed by atoms with E-state index in [0.29, 0.717) is 12.5 Å². The number of ether oxygens (including phenoxy) is 1. The standard InChI is InChI=1S/C12H14ClNO2/c1-10(15)14-11-4-6-12(7-5-11)16-9-3-2-8-13/h2-7H,8-9H2,1H3,(H,14,15). The van der Waals surface area contributed by atoms with Crippen molar-refractivity contribution in [1.82, 2.24) is 0 Å². The highest BCUT2D eigenvalue weighted by Gasteiger charge is 1.95. The Labute approximate surface area is 100 Å². The normalized spacial score (nSPS) is 10.4. The maximum Gasteiger partial charge on any atom is 0.221 e. The summed E-state index contributed by atoms with van der Waals surface area (Å²) in [5, 5.41) is 2.68. The second-order valence-corrected chi connectivity index (χ2v) is 3.45. The number of anilines is 1. The van der Waals surface area contributed by atoms with E-state index in [-0.39, 0.29) is 5.91 Å². The molecule has 0 aliphatic rings. The molecule has 1 rings (SSSR count). The molecule has 1 aromatic carbocycles. The molecule has 0 aromatic heterocycles. The average molecular weight is 240 g/mol. The van der Waals surface area contributed by atoms with Crippen LogP contribution in [-0.4, -0.2) is 18.4 Å². The van der Waals surface area contributed by atoms with Gasteiger partial charge in [0.05, 0.1) is 0 Å². The van der Waals surface area contributed by atoms with E-state index in [9.17, 15) is 4.79 Å². The summed E-state index contributed by atoms with van der Waals surface area (Å²) in [5.74, 6) is 1.16. The number of hydrogen-bond donors (Lipinski definition) is 1. The van der Waals surface area contributed by atoms with Crippen molar-refractivity contribution in [3.63, 3.8) is 0 Å². The number of benzene rings is 1. The van der Waals surface area contributed by atoms with Crippen LogP contribution in [0.2, 0.25) is 0 Å². The molecule has 86 valence electrons. The van der Waals surface area contributed by atoms with Crippen LogP contribution in [0.3, 0.4) is 0 Å². The van der Waals surface area contributed by atoms with Gasteiger partial charge in [-0.3, -0.25) is 4.79 Å². The summed E-state index contributed by atoms with van der Waals surface area (Å²) in [6.45, 7) is 1.97. The summed E-state index contributed by atoms with van der Waals surface area (Å²) in [4.78, 5) is 10.8. The maximum absolute atomic E-state index is 10.8. The molecule has 0 unspecified atom stereocenters. The Kier molecular flexibility index (Phi) is 5.43. The van der Waals surface area contributed by atoms with E-state index in [0.717, 1.165) is 11.4 Å². The minimum atomic E-state index is -0.0845. The highest BCUT2D eigenvalue weighted by atomic mass is 35.5. The first kappa shape index (κ1) is 12.6. The topological polar surface area (TPSA) is 38.3 Å². The lowest BCUT2D eigenvalue weighted by molar-refractivity contribution is -0.114. The molecule has 0 atom stereocenters. The summed E-state index contributed by atoms with van der Waals surface area (Å²) in [6, 6.07) is 7.20. The highest BCUT2D eigenvalue weighted by molar-refractivity contribution is 6.18. The van der Waals surface area contributed by atoms with Crippen LogP contribution in [0.1, 0.15) is 6.92 Å². The fourth-order valence-corrected chi connectivity index (χ4v) is 1.24. The Balaban J connectivity index is 2.45. The van der Waals surface area contributed by atoms with Gasteiger partial charge in [-0.25, -0.2) is 0 Å². The number of amides is 1. The number of carbonyl (C=O) groups excluding carboxylic acids is 1. The molecule has 0 aliphatic carbocycles. The Morgan fingerprint density at radius 2 is 2.06 bits per heavy atom. The molecule has 0 bridgehead atoms. The molecule has 1 aromatic rings. The van der Waals surface area contributed by atoms with Crippen molar-refractivity contribution in [2.24, 2.45) is 0 Å². The van der Waals surface area contributed by atoms with Gasteiger partial charge in [0.2, 0.25) is 5.91 Å². The predicted molar refractivity (Wildman–Crippen MR) is 66.1 cm³/mol. The molecule has 0 heterocycles.